The van der Waals surface area contributed by atoms with Gasteiger partial charge in [-0.2, -0.15) is 0 Å². The summed E-state index contributed by atoms with van der Waals surface area (Å²) in [4.78, 5) is 15.2. The third-order valence-electron chi connectivity index (χ3n) is 2.28. The Morgan fingerprint density at radius 1 is 1.38 bits per heavy atom. The third kappa shape index (κ3) is 1.93. The summed E-state index contributed by atoms with van der Waals surface area (Å²) in [6.45, 7) is 0.0885. The Labute approximate surface area is 91.2 Å². The van der Waals surface area contributed by atoms with Gasteiger partial charge in [0.2, 0.25) is 0 Å². The minimum atomic E-state index is -0.421. The average molecular weight is 219 g/mol. The van der Waals surface area contributed by atoms with Crippen molar-refractivity contribution in [3.05, 3.63) is 58.5 Å². The maximum atomic E-state index is 13.5. The SMILES string of the molecule is Nc1cccc(F)c1Cn1cnccc1=O. The second kappa shape index (κ2) is 4.14. The van der Waals surface area contributed by atoms with Gasteiger partial charge in [-0.25, -0.2) is 9.37 Å². The molecule has 16 heavy (non-hydrogen) atoms. The smallest absolute Gasteiger partial charge is 0.253 e. The summed E-state index contributed by atoms with van der Waals surface area (Å²) in [5.74, 6) is -0.421. The zero-order valence-corrected chi connectivity index (χ0v) is 8.43. The molecule has 0 unspecified atom stereocenters. The van der Waals surface area contributed by atoms with E-state index in [1.807, 2.05) is 0 Å². The lowest BCUT2D eigenvalue weighted by molar-refractivity contribution is 0.595. The van der Waals surface area contributed by atoms with Crippen LogP contribution in [0.2, 0.25) is 0 Å². The van der Waals surface area contributed by atoms with E-state index < -0.39 is 5.82 Å². The zero-order chi connectivity index (χ0) is 11.5. The van der Waals surface area contributed by atoms with Crippen LogP contribution in [0, 0.1) is 5.82 Å². The Bertz CT molecular complexity index is 545. The fourth-order valence-corrected chi connectivity index (χ4v) is 1.41. The molecule has 0 radical (unpaired) electrons. The second-order valence-electron chi connectivity index (χ2n) is 3.35. The lowest BCUT2D eigenvalue weighted by Gasteiger charge is -2.08. The highest BCUT2D eigenvalue weighted by atomic mass is 19.1. The number of hydrogen-bond acceptors (Lipinski definition) is 3. The fraction of sp³-hybridized carbons (Fsp3) is 0.0909. The molecule has 0 aliphatic rings. The molecule has 2 aromatic rings. The van der Waals surface area contributed by atoms with Gasteiger partial charge in [0.05, 0.1) is 12.9 Å². The van der Waals surface area contributed by atoms with E-state index in [0.29, 0.717) is 11.3 Å². The topological polar surface area (TPSA) is 60.9 Å². The largest absolute Gasteiger partial charge is 0.398 e. The first kappa shape index (κ1) is 10.4. The van der Waals surface area contributed by atoms with Gasteiger partial charge in [-0.05, 0) is 12.1 Å². The number of aromatic nitrogens is 2. The van der Waals surface area contributed by atoms with E-state index in [-0.39, 0.29) is 12.1 Å². The standard InChI is InChI=1S/C11H10FN3O/c12-9-2-1-3-10(13)8(9)6-15-7-14-5-4-11(15)16/h1-5,7H,6,13H2. The Morgan fingerprint density at radius 3 is 2.88 bits per heavy atom. The summed E-state index contributed by atoms with van der Waals surface area (Å²) < 4.78 is 14.8. The predicted octanol–water partition coefficient (Wildman–Crippen LogP) is 1.01. The number of anilines is 1. The molecule has 0 bridgehead atoms. The van der Waals surface area contributed by atoms with Crippen LogP contribution in [-0.4, -0.2) is 9.55 Å². The molecule has 2 N–H and O–H groups in total. The summed E-state index contributed by atoms with van der Waals surface area (Å²) in [7, 11) is 0. The monoisotopic (exact) mass is 219 g/mol. The van der Waals surface area contributed by atoms with Crippen molar-refractivity contribution in [2.24, 2.45) is 0 Å². The molecule has 0 saturated heterocycles. The molecule has 0 aliphatic carbocycles. The van der Waals surface area contributed by atoms with Gasteiger partial charge in [-0.3, -0.25) is 9.36 Å². The van der Waals surface area contributed by atoms with Gasteiger partial charge in [0, 0.05) is 23.5 Å². The van der Waals surface area contributed by atoms with Crippen LogP contribution in [0.5, 0.6) is 0 Å². The summed E-state index contributed by atoms with van der Waals surface area (Å²) in [6, 6.07) is 5.75. The van der Waals surface area contributed by atoms with Crippen molar-refractivity contribution >= 4 is 5.69 Å². The van der Waals surface area contributed by atoms with Crippen LogP contribution in [0.3, 0.4) is 0 Å². The summed E-state index contributed by atoms with van der Waals surface area (Å²) >= 11 is 0. The number of benzene rings is 1. The first-order valence-corrected chi connectivity index (χ1v) is 4.72. The summed E-state index contributed by atoms with van der Waals surface area (Å²) in [6.07, 6.45) is 2.75. The molecule has 0 amide bonds. The highest BCUT2D eigenvalue weighted by molar-refractivity contribution is 5.47. The van der Waals surface area contributed by atoms with Crippen molar-refractivity contribution in [3.63, 3.8) is 0 Å². The van der Waals surface area contributed by atoms with Crippen molar-refractivity contribution in [2.75, 3.05) is 5.73 Å². The third-order valence-corrected chi connectivity index (χ3v) is 2.28. The summed E-state index contributed by atoms with van der Waals surface area (Å²) in [5, 5.41) is 0. The minimum absolute atomic E-state index is 0.0885. The van der Waals surface area contributed by atoms with Crippen molar-refractivity contribution < 1.29 is 4.39 Å². The van der Waals surface area contributed by atoms with Crippen molar-refractivity contribution in [2.45, 2.75) is 6.54 Å². The molecule has 0 spiro atoms. The predicted molar refractivity (Wildman–Crippen MR) is 58.4 cm³/mol. The van der Waals surface area contributed by atoms with Gasteiger partial charge in [-0.15, -0.1) is 0 Å². The maximum Gasteiger partial charge on any atom is 0.253 e. The first-order chi connectivity index (χ1) is 7.68. The number of hydrogen-bond donors (Lipinski definition) is 1. The van der Waals surface area contributed by atoms with E-state index in [2.05, 4.69) is 4.98 Å². The van der Waals surface area contributed by atoms with Crippen LogP contribution >= 0.6 is 0 Å². The average Bonchev–Trinajstić information content (AvgIpc) is 2.26. The molecule has 2 rings (SSSR count). The van der Waals surface area contributed by atoms with E-state index in [9.17, 15) is 9.18 Å². The van der Waals surface area contributed by atoms with Gasteiger partial charge in [0.1, 0.15) is 5.82 Å². The molecular formula is C11H10FN3O. The number of rotatable bonds is 2. The van der Waals surface area contributed by atoms with E-state index >= 15 is 0 Å². The summed E-state index contributed by atoms with van der Waals surface area (Å²) in [5.41, 5.74) is 6.04. The van der Waals surface area contributed by atoms with Crippen LogP contribution in [0.15, 0.2) is 41.6 Å². The number of halogens is 1. The lowest BCUT2D eigenvalue weighted by Crippen LogP contribution is -2.20. The van der Waals surface area contributed by atoms with Gasteiger partial charge in [0.25, 0.3) is 5.56 Å². The zero-order valence-electron chi connectivity index (χ0n) is 8.43. The molecule has 82 valence electrons. The van der Waals surface area contributed by atoms with Crippen molar-refractivity contribution in [1.29, 1.82) is 0 Å². The van der Waals surface area contributed by atoms with E-state index in [1.165, 1.54) is 35.3 Å². The number of nitrogen functional groups attached to an aromatic ring is 1. The van der Waals surface area contributed by atoms with E-state index in [1.54, 1.807) is 6.07 Å². The first-order valence-electron chi connectivity index (χ1n) is 4.72. The van der Waals surface area contributed by atoms with Crippen LogP contribution in [-0.2, 0) is 6.54 Å². The molecular weight excluding hydrogens is 209 g/mol. The normalized spacial score (nSPS) is 10.3. The Morgan fingerprint density at radius 2 is 2.19 bits per heavy atom. The van der Waals surface area contributed by atoms with Crippen LogP contribution in [0.25, 0.3) is 0 Å². The number of nitrogens with zero attached hydrogens (tertiary/aromatic N) is 2. The van der Waals surface area contributed by atoms with E-state index in [0.717, 1.165) is 0 Å². The van der Waals surface area contributed by atoms with E-state index in [4.69, 9.17) is 5.73 Å². The van der Waals surface area contributed by atoms with Crippen LogP contribution in [0.4, 0.5) is 10.1 Å². The molecule has 4 nitrogen and oxygen atoms in total. The Balaban J connectivity index is 2.42. The highest BCUT2D eigenvalue weighted by Gasteiger charge is 2.07. The molecule has 1 aromatic carbocycles. The van der Waals surface area contributed by atoms with Crippen LogP contribution < -0.4 is 11.3 Å². The Kier molecular flexibility index (Phi) is 2.68. The molecule has 0 saturated carbocycles. The van der Waals surface area contributed by atoms with Crippen molar-refractivity contribution in [3.8, 4) is 0 Å². The maximum absolute atomic E-state index is 13.5. The molecule has 0 fully saturated rings. The van der Waals surface area contributed by atoms with Gasteiger partial charge >= 0.3 is 0 Å². The minimum Gasteiger partial charge on any atom is -0.398 e. The highest BCUT2D eigenvalue weighted by Crippen LogP contribution is 2.15. The lowest BCUT2D eigenvalue weighted by atomic mass is 10.1. The Hall–Kier alpha value is -2.17. The number of nitrogens with two attached hydrogens (primary N) is 1. The molecule has 1 heterocycles. The second-order valence-corrected chi connectivity index (χ2v) is 3.35. The van der Waals surface area contributed by atoms with Gasteiger partial charge in [0.15, 0.2) is 0 Å². The van der Waals surface area contributed by atoms with Crippen LogP contribution in [0.1, 0.15) is 5.56 Å². The molecule has 0 atom stereocenters. The molecule has 0 aliphatic heterocycles. The van der Waals surface area contributed by atoms with Crippen molar-refractivity contribution in [1.82, 2.24) is 9.55 Å². The van der Waals surface area contributed by atoms with Gasteiger partial charge in [-0.1, -0.05) is 6.07 Å². The molecule has 1 aromatic heterocycles. The molecule has 5 heteroatoms. The van der Waals surface area contributed by atoms with Gasteiger partial charge < -0.3 is 5.73 Å². The fourth-order valence-electron chi connectivity index (χ4n) is 1.41. The quantitative estimate of drug-likeness (QED) is 0.767.